The Morgan fingerprint density at radius 3 is 1.53 bits per heavy atom. The number of hydrogen-bond donors (Lipinski definition) is 0. The molecule has 0 fully saturated rings. The third-order valence-corrected chi connectivity index (χ3v) is 15.8. The Bertz CT molecular complexity index is 4280. The van der Waals surface area contributed by atoms with E-state index in [1.54, 1.807) is 0 Å². The van der Waals surface area contributed by atoms with E-state index in [0.717, 1.165) is 75.2 Å². The van der Waals surface area contributed by atoms with Gasteiger partial charge in [-0.05, 0) is 132 Å². The molecule has 0 radical (unpaired) electrons. The van der Waals surface area contributed by atoms with Crippen LogP contribution in [-0.2, 0) is 12.8 Å². The van der Waals surface area contributed by atoms with Crippen LogP contribution in [0.25, 0.3) is 87.6 Å². The summed E-state index contributed by atoms with van der Waals surface area (Å²) in [5, 5.41) is 9.54. The Balaban J connectivity index is 0.959. The number of nitrogens with zero attached hydrogens (tertiary/aromatic N) is 2. The molecule has 1 heterocycles. The lowest BCUT2D eigenvalue weighted by Gasteiger charge is -2.30. The Morgan fingerprint density at radius 1 is 0.378 bits per heavy atom. The molecule has 0 amide bonds. The van der Waals surface area contributed by atoms with E-state index in [2.05, 4.69) is 261 Å². The molecule has 0 bridgehead atoms. The molecule has 3 heteroatoms. The van der Waals surface area contributed by atoms with Gasteiger partial charge in [0.15, 0.2) is 5.58 Å². The monoisotopic (exact) mass is 950 g/mol. The Labute approximate surface area is 432 Å². The fourth-order valence-corrected chi connectivity index (χ4v) is 12.5. The second-order valence-electron chi connectivity index (χ2n) is 20.3. The van der Waals surface area contributed by atoms with E-state index < -0.39 is 0 Å². The number of furan rings is 1. The van der Waals surface area contributed by atoms with E-state index in [1.165, 1.54) is 88.1 Å². The first-order valence-electron chi connectivity index (χ1n) is 26.3. The van der Waals surface area contributed by atoms with Gasteiger partial charge in [-0.1, -0.05) is 209 Å². The summed E-state index contributed by atoms with van der Waals surface area (Å²) in [5.74, 6) is 0.417. The van der Waals surface area contributed by atoms with Crippen LogP contribution in [0.2, 0.25) is 0 Å². The van der Waals surface area contributed by atoms with Crippen LogP contribution in [-0.4, -0.2) is 0 Å². The summed E-state index contributed by atoms with van der Waals surface area (Å²) in [5.41, 5.74) is 21.6. The van der Waals surface area contributed by atoms with Crippen LogP contribution >= 0.6 is 0 Å². The van der Waals surface area contributed by atoms with Gasteiger partial charge in [0.25, 0.3) is 0 Å². The number of hydrogen-bond acceptors (Lipinski definition) is 3. The van der Waals surface area contributed by atoms with Crippen molar-refractivity contribution in [1.82, 2.24) is 0 Å². The van der Waals surface area contributed by atoms with Crippen molar-refractivity contribution in [3.63, 3.8) is 0 Å². The van der Waals surface area contributed by atoms with Gasteiger partial charge in [0.05, 0.1) is 22.7 Å². The van der Waals surface area contributed by atoms with Crippen LogP contribution in [0.4, 0.5) is 34.1 Å². The summed E-state index contributed by atoms with van der Waals surface area (Å²) >= 11 is 0. The molecule has 13 aromatic rings. The fraction of sp³-hybridized carbons (Fsp3) is 0.0986. The lowest BCUT2D eigenvalue weighted by molar-refractivity contribution is 0.670. The summed E-state index contributed by atoms with van der Waals surface area (Å²) in [4.78, 5) is 4.93. The van der Waals surface area contributed by atoms with E-state index in [-0.39, 0.29) is 0 Å². The predicted octanol–water partition coefficient (Wildman–Crippen LogP) is 20.4. The summed E-state index contributed by atoms with van der Waals surface area (Å²) in [6.45, 7) is 6.85. The molecule has 0 saturated heterocycles. The number of rotatable bonds is 11. The number of fused-ring (bicyclic) bond motifs is 6. The molecule has 0 unspecified atom stereocenters. The molecule has 12 aromatic carbocycles. The molecule has 0 atom stereocenters. The minimum absolute atomic E-state index is 0.417. The smallest absolute Gasteiger partial charge is 0.159 e. The van der Waals surface area contributed by atoms with Crippen molar-refractivity contribution in [1.29, 1.82) is 0 Å². The highest BCUT2D eigenvalue weighted by Gasteiger charge is 2.30. The Kier molecular flexibility index (Phi) is 10.5. The zero-order valence-electron chi connectivity index (χ0n) is 41.9. The van der Waals surface area contributed by atoms with Gasteiger partial charge >= 0.3 is 0 Å². The summed E-state index contributed by atoms with van der Waals surface area (Å²) in [6, 6.07) is 85.2. The lowest BCUT2D eigenvalue weighted by Crippen LogP contribution is -2.13. The molecular formula is C71H54N2O. The van der Waals surface area contributed by atoms with Crippen LogP contribution in [0.15, 0.2) is 235 Å². The summed E-state index contributed by atoms with van der Waals surface area (Å²) in [7, 11) is 0. The van der Waals surface area contributed by atoms with Gasteiger partial charge in [-0.15, -0.1) is 0 Å². The van der Waals surface area contributed by atoms with Crippen molar-refractivity contribution in [3.05, 3.63) is 253 Å². The van der Waals surface area contributed by atoms with Crippen LogP contribution in [0.1, 0.15) is 55.4 Å². The topological polar surface area (TPSA) is 19.6 Å². The lowest BCUT2D eigenvalue weighted by atomic mass is 9.89. The van der Waals surface area contributed by atoms with Crippen molar-refractivity contribution in [2.75, 3.05) is 9.80 Å². The number of benzene rings is 12. The van der Waals surface area contributed by atoms with Gasteiger partial charge in [0, 0.05) is 44.9 Å². The molecule has 1 aliphatic rings. The zero-order valence-corrected chi connectivity index (χ0v) is 41.9. The summed E-state index contributed by atoms with van der Waals surface area (Å²) in [6.07, 6.45) is 2.94. The standard InChI is InChI=1S/C71H54N2O/c1-4-19-46-20-11-12-26-52(46)57-31-16-32-58-59-33-18-35-67(71(59)74-70(57)58)73(50-23-9-6-10-24-50)66-43-39-48-36-40-60-65(42-38-47-37-41-61(66)69(48)68(47)60)72(49-21-7-5-8-22-49)64-34-17-30-56-55-29-15-28-54(62(55)44-63(56)64)53-27-14-13-25-51(53)45(2)3/h5-18,20-43,45H,4,19,44H2,1-3H3. The molecule has 1 aliphatic carbocycles. The van der Waals surface area contributed by atoms with Gasteiger partial charge < -0.3 is 14.2 Å². The normalized spacial score (nSPS) is 12.2. The van der Waals surface area contributed by atoms with E-state index in [1.807, 2.05) is 0 Å². The third-order valence-electron chi connectivity index (χ3n) is 15.8. The van der Waals surface area contributed by atoms with Gasteiger partial charge in [-0.2, -0.15) is 0 Å². The quantitative estimate of drug-likeness (QED) is 0.120. The molecular weight excluding hydrogens is 897 g/mol. The van der Waals surface area contributed by atoms with Crippen LogP contribution in [0.5, 0.6) is 0 Å². The maximum Gasteiger partial charge on any atom is 0.159 e. The van der Waals surface area contributed by atoms with E-state index in [4.69, 9.17) is 4.42 Å². The SMILES string of the molecule is CCCc1ccccc1-c1cccc2c1oc1c(N(c3ccccc3)c3ccc4ccc5c(N(c6ccccc6)c6cccc7c6Cc6c(-c8ccccc8C(C)C)cccc6-7)ccc6ccc3c4c65)cccc12. The zero-order chi connectivity index (χ0) is 49.4. The fourth-order valence-electron chi connectivity index (χ4n) is 12.5. The van der Waals surface area contributed by atoms with Gasteiger partial charge in [0.2, 0.25) is 0 Å². The third kappa shape index (κ3) is 6.87. The Morgan fingerprint density at radius 2 is 0.865 bits per heavy atom. The van der Waals surface area contributed by atoms with Crippen LogP contribution < -0.4 is 9.80 Å². The van der Waals surface area contributed by atoms with Crippen molar-refractivity contribution < 1.29 is 4.42 Å². The number of anilines is 6. The second-order valence-corrected chi connectivity index (χ2v) is 20.3. The highest BCUT2D eigenvalue weighted by Crippen LogP contribution is 2.53. The first-order chi connectivity index (χ1) is 36.5. The van der Waals surface area contributed by atoms with E-state index >= 15 is 0 Å². The molecule has 0 saturated carbocycles. The van der Waals surface area contributed by atoms with E-state index in [9.17, 15) is 0 Å². The minimum Gasteiger partial charge on any atom is -0.453 e. The average molecular weight is 951 g/mol. The number of para-hydroxylation sites is 4. The largest absolute Gasteiger partial charge is 0.453 e. The second kappa shape index (κ2) is 17.7. The van der Waals surface area contributed by atoms with Crippen LogP contribution in [0.3, 0.4) is 0 Å². The van der Waals surface area contributed by atoms with Crippen molar-refractivity contribution in [2.45, 2.75) is 46.0 Å². The average Bonchev–Trinajstić information content (AvgIpc) is 4.08. The molecule has 0 spiro atoms. The predicted molar refractivity (Wildman–Crippen MR) is 314 cm³/mol. The summed E-state index contributed by atoms with van der Waals surface area (Å²) < 4.78 is 7.23. The van der Waals surface area contributed by atoms with Crippen molar-refractivity contribution in [2.24, 2.45) is 0 Å². The molecule has 74 heavy (non-hydrogen) atoms. The van der Waals surface area contributed by atoms with Gasteiger partial charge in [0.1, 0.15) is 5.58 Å². The maximum absolute atomic E-state index is 7.23. The molecule has 0 N–H and O–H groups in total. The molecule has 3 nitrogen and oxygen atoms in total. The molecule has 0 aliphatic heterocycles. The first kappa shape index (κ1) is 43.8. The minimum atomic E-state index is 0.417. The van der Waals surface area contributed by atoms with Crippen molar-refractivity contribution >= 4 is 88.4 Å². The van der Waals surface area contributed by atoms with Gasteiger partial charge in [-0.3, -0.25) is 0 Å². The first-order valence-corrected chi connectivity index (χ1v) is 26.3. The highest BCUT2D eigenvalue weighted by molar-refractivity contribution is 6.28. The maximum atomic E-state index is 7.23. The highest BCUT2D eigenvalue weighted by atomic mass is 16.3. The number of aryl methyl sites for hydroxylation is 1. The van der Waals surface area contributed by atoms with Crippen LogP contribution in [0, 0.1) is 0 Å². The molecule has 354 valence electrons. The molecule has 1 aromatic heterocycles. The van der Waals surface area contributed by atoms with Gasteiger partial charge in [-0.25, -0.2) is 0 Å². The molecule has 14 rings (SSSR count). The Hall–Kier alpha value is -8.92. The van der Waals surface area contributed by atoms with E-state index in [0.29, 0.717) is 5.92 Å². The van der Waals surface area contributed by atoms with Crippen molar-refractivity contribution in [3.8, 4) is 33.4 Å².